The van der Waals surface area contributed by atoms with Gasteiger partial charge in [0.25, 0.3) is 0 Å². The Hall–Kier alpha value is -1.95. The number of nitrogens with one attached hydrogen (secondary N) is 1. The monoisotopic (exact) mass is 403 g/mol. The number of halogens is 1. The standard InChI is InChI=1S/C23H34FN3O2/c1-4-5-12-27-21(28)20(15-17(2)3)25-22(29)23(27)10-13-26(14-11-23)16-18-6-8-19(24)9-7-18/h6-9,17,20H,4-5,10-16H2,1-3H3,(H,25,29). The van der Waals surface area contributed by atoms with Crippen LogP contribution >= 0.6 is 0 Å². The normalized spacial score (nSPS) is 22.4. The Morgan fingerprint density at radius 1 is 1.17 bits per heavy atom. The van der Waals surface area contributed by atoms with E-state index in [-0.39, 0.29) is 17.6 Å². The van der Waals surface area contributed by atoms with Crippen LogP contribution in [0.3, 0.4) is 0 Å². The highest BCUT2D eigenvalue weighted by Gasteiger charge is 2.53. The Kier molecular flexibility index (Phi) is 6.93. The van der Waals surface area contributed by atoms with Gasteiger partial charge in [-0.15, -0.1) is 0 Å². The molecule has 1 aromatic carbocycles. The van der Waals surface area contributed by atoms with E-state index in [4.69, 9.17) is 0 Å². The molecule has 1 atom stereocenters. The Morgan fingerprint density at radius 2 is 1.83 bits per heavy atom. The average molecular weight is 404 g/mol. The Labute approximate surface area is 173 Å². The second-order valence-corrected chi connectivity index (χ2v) is 8.93. The van der Waals surface area contributed by atoms with E-state index >= 15 is 0 Å². The van der Waals surface area contributed by atoms with Crippen molar-refractivity contribution in [2.45, 2.75) is 71.0 Å². The van der Waals surface area contributed by atoms with Crippen molar-refractivity contribution in [2.75, 3.05) is 19.6 Å². The molecule has 0 radical (unpaired) electrons. The molecule has 2 fully saturated rings. The number of hydrogen-bond donors (Lipinski definition) is 1. The van der Waals surface area contributed by atoms with Crippen molar-refractivity contribution in [3.63, 3.8) is 0 Å². The maximum atomic E-state index is 13.3. The number of carbonyl (C=O) groups is 2. The summed E-state index contributed by atoms with van der Waals surface area (Å²) in [5.74, 6) is 0.217. The van der Waals surface area contributed by atoms with Gasteiger partial charge in [-0.25, -0.2) is 4.39 Å². The van der Waals surface area contributed by atoms with Gasteiger partial charge in [0.15, 0.2) is 0 Å². The van der Waals surface area contributed by atoms with Crippen molar-refractivity contribution in [1.82, 2.24) is 15.1 Å². The number of likely N-dealkylation sites (tertiary alicyclic amines) is 1. The number of piperazine rings is 1. The number of amides is 2. The van der Waals surface area contributed by atoms with E-state index < -0.39 is 11.6 Å². The molecule has 1 N–H and O–H groups in total. The van der Waals surface area contributed by atoms with Crippen LogP contribution in [0.5, 0.6) is 0 Å². The van der Waals surface area contributed by atoms with Gasteiger partial charge in [0.2, 0.25) is 11.8 Å². The summed E-state index contributed by atoms with van der Waals surface area (Å²) in [6.07, 6.45) is 3.87. The molecule has 0 aliphatic carbocycles. The highest BCUT2D eigenvalue weighted by Crippen LogP contribution is 2.34. The molecule has 6 heteroatoms. The van der Waals surface area contributed by atoms with Crippen molar-refractivity contribution < 1.29 is 14.0 Å². The summed E-state index contributed by atoms with van der Waals surface area (Å²) in [6.45, 7) is 9.14. The first-order chi connectivity index (χ1) is 13.9. The number of hydrogen-bond acceptors (Lipinski definition) is 3. The number of benzene rings is 1. The third kappa shape index (κ3) is 4.80. The summed E-state index contributed by atoms with van der Waals surface area (Å²) in [5, 5.41) is 3.04. The summed E-state index contributed by atoms with van der Waals surface area (Å²) >= 11 is 0. The SMILES string of the molecule is CCCCN1C(=O)C(CC(C)C)NC(=O)C12CCN(Cc1ccc(F)cc1)CC2. The molecule has 0 saturated carbocycles. The summed E-state index contributed by atoms with van der Waals surface area (Å²) in [6, 6.07) is 6.17. The van der Waals surface area contributed by atoms with Crippen molar-refractivity contribution in [1.29, 1.82) is 0 Å². The van der Waals surface area contributed by atoms with E-state index in [0.29, 0.717) is 31.7 Å². The highest BCUT2D eigenvalue weighted by molar-refractivity contribution is 6.00. The third-order valence-electron chi connectivity index (χ3n) is 6.25. The van der Waals surface area contributed by atoms with Crippen LogP contribution in [0.25, 0.3) is 0 Å². The van der Waals surface area contributed by atoms with Gasteiger partial charge >= 0.3 is 0 Å². The quantitative estimate of drug-likeness (QED) is 0.760. The van der Waals surface area contributed by atoms with E-state index in [1.807, 2.05) is 4.90 Å². The van der Waals surface area contributed by atoms with Crippen LogP contribution in [0, 0.1) is 11.7 Å². The van der Waals surface area contributed by atoms with Gasteiger partial charge in [0.05, 0.1) is 0 Å². The first kappa shape index (κ1) is 21.8. The van der Waals surface area contributed by atoms with Crippen molar-refractivity contribution in [2.24, 2.45) is 5.92 Å². The van der Waals surface area contributed by atoms with Crippen molar-refractivity contribution in [3.8, 4) is 0 Å². The van der Waals surface area contributed by atoms with Crippen LogP contribution in [-0.2, 0) is 16.1 Å². The van der Waals surface area contributed by atoms with Gasteiger partial charge in [-0.2, -0.15) is 0 Å². The smallest absolute Gasteiger partial charge is 0.246 e. The lowest BCUT2D eigenvalue weighted by atomic mass is 9.80. The van der Waals surface area contributed by atoms with Crippen LogP contribution in [-0.4, -0.2) is 52.8 Å². The molecular formula is C23H34FN3O2. The number of nitrogens with zero attached hydrogens (tertiary/aromatic N) is 2. The minimum atomic E-state index is -0.723. The zero-order chi connectivity index (χ0) is 21.0. The van der Waals surface area contributed by atoms with E-state index in [1.54, 1.807) is 12.1 Å². The van der Waals surface area contributed by atoms with Crippen LogP contribution in [0.2, 0.25) is 0 Å². The van der Waals surface area contributed by atoms with Gasteiger partial charge in [-0.05, 0) is 49.3 Å². The molecule has 1 spiro atoms. The molecule has 2 saturated heterocycles. The highest BCUT2D eigenvalue weighted by atomic mass is 19.1. The number of unbranched alkanes of at least 4 members (excludes halogenated alkanes) is 1. The third-order valence-corrected chi connectivity index (χ3v) is 6.25. The molecule has 160 valence electrons. The molecule has 2 aliphatic heterocycles. The summed E-state index contributed by atoms with van der Waals surface area (Å²) in [5.41, 5.74) is 0.338. The molecule has 2 amide bonds. The Balaban J connectivity index is 1.72. The average Bonchev–Trinajstić information content (AvgIpc) is 2.69. The molecular weight excluding hydrogens is 369 g/mol. The first-order valence-electron chi connectivity index (χ1n) is 10.9. The summed E-state index contributed by atoms with van der Waals surface area (Å²) in [7, 11) is 0. The minimum Gasteiger partial charge on any atom is -0.342 e. The lowest BCUT2D eigenvalue weighted by Crippen LogP contribution is -2.73. The Bertz CT molecular complexity index is 711. The Morgan fingerprint density at radius 3 is 2.41 bits per heavy atom. The molecule has 0 aromatic heterocycles. The van der Waals surface area contributed by atoms with Crippen LogP contribution in [0.4, 0.5) is 4.39 Å². The zero-order valence-corrected chi connectivity index (χ0v) is 17.9. The van der Waals surface area contributed by atoms with Crippen LogP contribution in [0.1, 0.15) is 58.4 Å². The largest absolute Gasteiger partial charge is 0.342 e. The first-order valence-corrected chi connectivity index (χ1v) is 10.9. The molecule has 1 aromatic rings. The van der Waals surface area contributed by atoms with Gasteiger partial charge < -0.3 is 10.2 Å². The van der Waals surface area contributed by atoms with E-state index in [1.165, 1.54) is 12.1 Å². The van der Waals surface area contributed by atoms with Crippen LogP contribution < -0.4 is 5.32 Å². The lowest BCUT2D eigenvalue weighted by Gasteiger charge is -2.52. The molecule has 5 nitrogen and oxygen atoms in total. The number of piperidine rings is 1. The fourth-order valence-corrected chi connectivity index (χ4v) is 4.57. The maximum absolute atomic E-state index is 13.3. The fraction of sp³-hybridized carbons (Fsp3) is 0.652. The zero-order valence-electron chi connectivity index (χ0n) is 17.9. The molecule has 0 bridgehead atoms. The van der Waals surface area contributed by atoms with Gasteiger partial charge in [0, 0.05) is 26.2 Å². The molecule has 3 rings (SSSR count). The number of carbonyl (C=O) groups excluding carboxylic acids is 2. The van der Waals surface area contributed by atoms with E-state index in [9.17, 15) is 14.0 Å². The van der Waals surface area contributed by atoms with E-state index in [0.717, 1.165) is 38.0 Å². The van der Waals surface area contributed by atoms with Crippen molar-refractivity contribution in [3.05, 3.63) is 35.6 Å². The predicted octanol–water partition coefficient (Wildman–Crippen LogP) is 3.33. The molecule has 1 unspecified atom stereocenters. The van der Waals surface area contributed by atoms with Crippen molar-refractivity contribution >= 4 is 11.8 Å². The predicted molar refractivity (Wildman–Crippen MR) is 112 cm³/mol. The second kappa shape index (κ2) is 9.24. The molecule has 29 heavy (non-hydrogen) atoms. The molecule has 2 heterocycles. The second-order valence-electron chi connectivity index (χ2n) is 8.93. The molecule has 2 aliphatic rings. The minimum absolute atomic E-state index is 0.0142. The summed E-state index contributed by atoms with van der Waals surface area (Å²) < 4.78 is 13.1. The lowest BCUT2D eigenvalue weighted by molar-refractivity contribution is -0.161. The topological polar surface area (TPSA) is 52.7 Å². The van der Waals surface area contributed by atoms with Gasteiger partial charge in [-0.1, -0.05) is 39.3 Å². The summed E-state index contributed by atoms with van der Waals surface area (Å²) in [4.78, 5) is 30.7. The van der Waals surface area contributed by atoms with Crippen LogP contribution in [0.15, 0.2) is 24.3 Å². The number of rotatable bonds is 7. The van der Waals surface area contributed by atoms with Gasteiger partial charge in [-0.3, -0.25) is 14.5 Å². The fourth-order valence-electron chi connectivity index (χ4n) is 4.57. The maximum Gasteiger partial charge on any atom is 0.246 e. The van der Waals surface area contributed by atoms with E-state index in [2.05, 4.69) is 31.0 Å². The van der Waals surface area contributed by atoms with Gasteiger partial charge in [0.1, 0.15) is 17.4 Å².